The molecule has 0 fully saturated rings. The van der Waals surface area contributed by atoms with Crippen LogP contribution in [0.15, 0.2) is 315 Å². The Morgan fingerprint density at radius 1 is 0.232 bits per heavy atom. The van der Waals surface area contributed by atoms with Crippen LogP contribution < -0.4 is 9.80 Å². The fourth-order valence-corrected chi connectivity index (χ4v) is 13.9. The van der Waals surface area contributed by atoms with Gasteiger partial charge >= 0.3 is 0 Å². The molecule has 2 aliphatic rings. The Morgan fingerprint density at radius 3 is 1.01 bits per heavy atom. The fraction of sp³-hybridized carbons (Fsp3) is 0.0500. The summed E-state index contributed by atoms with van der Waals surface area (Å²) in [4.78, 5) is 4.89. The van der Waals surface area contributed by atoms with Crippen molar-refractivity contribution in [2.75, 3.05) is 9.80 Å². The Bertz CT molecular complexity index is 4410. The Labute approximate surface area is 481 Å². The summed E-state index contributed by atoms with van der Waals surface area (Å²) in [5.74, 6) is 0. The smallest absolute Gasteiger partial charge is 0.0714 e. The van der Waals surface area contributed by atoms with E-state index in [0.717, 1.165) is 39.7 Å². The molecule has 15 rings (SSSR count). The van der Waals surface area contributed by atoms with Crippen molar-refractivity contribution in [3.8, 4) is 33.4 Å². The molecule has 0 atom stereocenters. The van der Waals surface area contributed by atoms with Crippen LogP contribution >= 0.6 is 0 Å². The molecule has 13 aromatic carbocycles. The van der Waals surface area contributed by atoms with Gasteiger partial charge in [0.1, 0.15) is 0 Å². The van der Waals surface area contributed by atoms with E-state index >= 15 is 0 Å². The molecule has 2 nitrogen and oxygen atoms in total. The molecule has 0 spiro atoms. The van der Waals surface area contributed by atoms with E-state index in [9.17, 15) is 0 Å². The Balaban J connectivity index is 0.864. The zero-order chi connectivity index (χ0) is 54.8. The van der Waals surface area contributed by atoms with Crippen LogP contribution in [-0.4, -0.2) is 0 Å². The minimum atomic E-state index is -0.530. The molecule has 0 aliphatic heterocycles. The van der Waals surface area contributed by atoms with Gasteiger partial charge in [-0.25, -0.2) is 0 Å². The second kappa shape index (κ2) is 19.8. The van der Waals surface area contributed by atoms with E-state index in [2.05, 4.69) is 339 Å². The second-order valence-corrected chi connectivity index (χ2v) is 22.1. The lowest BCUT2D eigenvalue weighted by atomic mass is 9.67. The van der Waals surface area contributed by atoms with Crippen LogP contribution in [0.5, 0.6) is 0 Å². The van der Waals surface area contributed by atoms with Gasteiger partial charge in [0.05, 0.1) is 16.5 Å². The molecule has 0 saturated heterocycles. The number of nitrogens with zero attached hydrogens (tertiary/aromatic N) is 2. The molecule has 0 heterocycles. The van der Waals surface area contributed by atoms with E-state index in [4.69, 9.17) is 0 Å². The third-order valence-corrected chi connectivity index (χ3v) is 17.6. The summed E-state index contributed by atoms with van der Waals surface area (Å²) in [6.45, 7) is 4.32. The van der Waals surface area contributed by atoms with Crippen LogP contribution in [0, 0.1) is 13.8 Å². The lowest BCUT2D eigenvalue weighted by Gasteiger charge is -2.35. The van der Waals surface area contributed by atoms with Gasteiger partial charge in [-0.05, 0) is 164 Å². The Kier molecular flexibility index (Phi) is 11.8. The van der Waals surface area contributed by atoms with Crippen molar-refractivity contribution in [1.82, 2.24) is 0 Å². The minimum absolute atomic E-state index is 0.517. The maximum Gasteiger partial charge on any atom is 0.0714 e. The van der Waals surface area contributed by atoms with E-state index in [-0.39, 0.29) is 0 Å². The van der Waals surface area contributed by atoms with E-state index in [1.807, 2.05) is 0 Å². The molecule has 0 amide bonds. The monoisotopic (exact) mass is 1050 g/mol. The molecule has 0 radical (unpaired) electrons. The first-order chi connectivity index (χ1) is 40.5. The van der Waals surface area contributed by atoms with Gasteiger partial charge in [-0.2, -0.15) is 0 Å². The maximum absolute atomic E-state index is 2.47. The molecule has 388 valence electrons. The van der Waals surface area contributed by atoms with Crippen molar-refractivity contribution in [2.24, 2.45) is 0 Å². The normalized spacial score (nSPS) is 13.2. The largest absolute Gasteiger partial charge is 0.310 e. The molecule has 13 aromatic rings. The summed E-state index contributed by atoms with van der Waals surface area (Å²) in [5.41, 5.74) is 25.6. The highest BCUT2D eigenvalue weighted by molar-refractivity contribution is 6.07. The van der Waals surface area contributed by atoms with Crippen LogP contribution in [0.4, 0.5) is 34.1 Å². The summed E-state index contributed by atoms with van der Waals surface area (Å²) in [5, 5.41) is 2.36. The second-order valence-electron chi connectivity index (χ2n) is 22.1. The molecule has 2 heteroatoms. The van der Waals surface area contributed by atoms with Crippen molar-refractivity contribution < 1.29 is 0 Å². The van der Waals surface area contributed by atoms with Crippen molar-refractivity contribution in [2.45, 2.75) is 24.7 Å². The number of aryl methyl sites for hydroxylation is 2. The Hall–Kier alpha value is -10.3. The molecule has 0 aromatic heterocycles. The molecular formula is C80H58N2. The van der Waals surface area contributed by atoms with Crippen molar-refractivity contribution in [3.63, 3.8) is 0 Å². The van der Waals surface area contributed by atoms with Crippen molar-refractivity contribution in [1.29, 1.82) is 0 Å². The highest BCUT2D eigenvalue weighted by Gasteiger charge is 2.48. The van der Waals surface area contributed by atoms with Crippen LogP contribution in [-0.2, 0) is 10.8 Å². The lowest BCUT2D eigenvalue weighted by Crippen LogP contribution is -2.28. The van der Waals surface area contributed by atoms with E-state index < -0.39 is 10.8 Å². The number of rotatable bonds is 11. The lowest BCUT2D eigenvalue weighted by molar-refractivity contribution is 0.768. The van der Waals surface area contributed by atoms with Gasteiger partial charge in [-0.3, -0.25) is 0 Å². The van der Waals surface area contributed by atoms with Gasteiger partial charge in [-0.1, -0.05) is 260 Å². The highest BCUT2D eigenvalue weighted by atomic mass is 15.1. The van der Waals surface area contributed by atoms with Gasteiger partial charge in [0, 0.05) is 33.8 Å². The van der Waals surface area contributed by atoms with Gasteiger partial charge in [0.25, 0.3) is 0 Å². The zero-order valence-corrected chi connectivity index (χ0v) is 45.9. The van der Waals surface area contributed by atoms with Crippen LogP contribution in [0.1, 0.15) is 55.6 Å². The number of benzene rings is 13. The molecule has 0 bridgehead atoms. The van der Waals surface area contributed by atoms with Gasteiger partial charge in [-0.15, -0.1) is 0 Å². The average molecular weight is 1050 g/mol. The standard InChI is InChI=1S/C80H58N2/c1-55-35-41-62(42-36-55)81(65-47-49-71-69-30-17-19-33-74(69)79(76(71)53-65,58-21-7-3-8-22-58)59-23-9-4-10-24-59)63-45-39-57(40-46-63)67-51-52-78(73-32-16-15-29-68(67)73)82(64-43-37-56(2)38-44-64)66-48-50-72-70-31-18-20-34-75(70)80(77(72)54-66,60-25-11-5-12-26-60)61-27-13-6-14-28-61/h3-54H,1-2H3. The predicted molar refractivity (Wildman–Crippen MR) is 343 cm³/mol. The summed E-state index contributed by atoms with van der Waals surface area (Å²) in [7, 11) is 0. The van der Waals surface area contributed by atoms with Crippen molar-refractivity contribution >= 4 is 44.9 Å². The van der Waals surface area contributed by atoms with E-state index in [1.165, 1.54) is 94.2 Å². The zero-order valence-electron chi connectivity index (χ0n) is 45.9. The van der Waals surface area contributed by atoms with E-state index in [1.54, 1.807) is 0 Å². The van der Waals surface area contributed by atoms with Gasteiger partial charge in [0.2, 0.25) is 0 Å². The first-order valence-corrected chi connectivity index (χ1v) is 28.6. The summed E-state index contributed by atoms with van der Waals surface area (Å²) >= 11 is 0. The van der Waals surface area contributed by atoms with Crippen LogP contribution in [0.2, 0.25) is 0 Å². The molecule has 0 unspecified atom stereocenters. The van der Waals surface area contributed by atoms with Gasteiger partial charge < -0.3 is 9.80 Å². The average Bonchev–Trinajstić information content (AvgIpc) is 2.12. The summed E-state index contributed by atoms with van der Waals surface area (Å²) in [6, 6.07) is 117. The highest BCUT2D eigenvalue weighted by Crippen LogP contribution is 2.59. The summed E-state index contributed by atoms with van der Waals surface area (Å²) in [6.07, 6.45) is 0. The quantitative estimate of drug-likeness (QED) is 0.127. The van der Waals surface area contributed by atoms with Gasteiger partial charge in [0.15, 0.2) is 0 Å². The third-order valence-electron chi connectivity index (χ3n) is 17.6. The molecular weight excluding hydrogens is 989 g/mol. The molecule has 2 aliphatic carbocycles. The number of anilines is 6. The molecule has 82 heavy (non-hydrogen) atoms. The fourth-order valence-electron chi connectivity index (χ4n) is 13.9. The SMILES string of the molecule is Cc1ccc(N(c2ccc(-c3ccc(N(c4ccc(C)cc4)c4ccc5c(c4)C(c4ccccc4)(c4ccccc4)c4ccccc4-5)c4ccccc34)cc2)c2ccc3c(c2)C(c2ccccc2)(c2ccccc2)c2ccccc2-3)cc1. The number of fused-ring (bicyclic) bond motifs is 7. The first-order valence-electron chi connectivity index (χ1n) is 28.6. The topological polar surface area (TPSA) is 6.48 Å². The molecule has 0 saturated carbocycles. The number of hydrogen-bond acceptors (Lipinski definition) is 2. The Morgan fingerprint density at radius 2 is 0.561 bits per heavy atom. The number of hydrogen-bond donors (Lipinski definition) is 0. The van der Waals surface area contributed by atoms with E-state index in [0.29, 0.717) is 0 Å². The van der Waals surface area contributed by atoms with Crippen LogP contribution in [0.25, 0.3) is 44.2 Å². The molecule has 0 N–H and O–H groups in total. The van der Waals surface area contributed by atoms with Crippen LogP contribution in [0.3, 0.4) is 0 Å². The predicted octanol–water partition coefficient (Wildman–Crippen LogP) is 20.8. The maximum atomic E-state index is 2.47. The third kappa shape index (κ3) is 7.63. The first kappa shape index (κ1) is 48.8. The van der Waals surface area contributed by atoms with Crippen molar-refractivity contribution in [3.05, 3.63) is 371 Å². The minimum Gasteiger partial charge on any atom is -0.310 e. The summed E-state index contributed by atoms with van der Waals surface area (Å²) < 4.78 is 0.